The van der Waals surface area contributed by atoms with Crippen LogP contribution in [-0.4, -0.2) is 74.8 Å². The quantitative estimate of drug-likeness (QED) is 0.360. The largest absolute Gasteiger partial charge is 0.490 e. The van der Waals surface area contributed by atoms with Crippen molar-refractivity contribution in [3.63, 3.8) is 0 Å². The lowest BCUT2D eigenvalue weighted by Crippen LogP contribution is -2.45. The van der Waals surface area contributed by atoms with Crippen LogP contribution in [0.2, 0.25) is 0 Å². The van der Waals surface area contributed by atoms with Gasteiger partial charge >= 0.3 is 12.1 Å². The van der Waals surface area contributed by atoms with Crippen LogP contribution in [-0.2, 0) is 36.9 Å². The van der Waals surface area contributed by atoms with Gasteiger partial charge in [-0.2, -0.15) is 13.2 Å². The van der Waals surface area contributed by atoms with Gasteiger partial charge in [0, 0.05) is 47.5 Å². The maximum Gasteiger partial charge on any atom is 0.490 e. The number of nitrogens with one attached hydrogen (secondary N) is 1. The predicted molar refractivity (Wildman–Crippen MR) is 131 cm³/mol. The van der Waals surface area contributed by atoms with E-state index in [9.17, 15) is 27.6 Å². The van der Waals surface area contributed by atoms with Gasteiger partial charge < -0.3 is 19.4 Å². The van der Waals surface area contributed by atoms with Gasteiger partial charge in [0.15, 0.2) is 0 Å². The Balaban J connectivity index is 1.27. The molecule has 10 nitrogen and oxygen atoms in total. The molecule has 2 saturated heterocycles. The SMILES string of the molecule is CC1(C)C2C(=O)N(Cc3cc4nccc(-c5nccn5CC5CNCCO5)c4s3)C(=O)C21OC(=O)C(F)(F)F. The van der Waals surface area contributed by atoms with Gasteiger partial charge in [-0.3, -0.25) is 19.5 Å². The second-order valence-electron chi connectivity index (χ2n) is 10.4. The second kappa shape index (κ2) is 8.83. The molecule has 1 N–H and O–H groups in total. The number of thiophene rings is 1. The van der Waals surface area contributed by atoms with E-state index in [1.54, 1.807) is 18.5 Å². The number of rotatable bonds is 6. The Morgan fingerprint density at radius 1 is 1.28 bits per heavy atom. The van der Waals surface area contributed by atoms with Crippen LogP contribution in [0.15, 0.2) is 30.7 Å². The monoisotopic (exact) mass is 563 g/mol. The van der Waals surface area contributed by atoms with E-state index in [0.29, 0.717) is 29.4 Å². The minimum atomic E-state index is -5.28. The molecule has 2 amide bonds. The second-order valence-corrected chi connectivity index (χ2v) is 11.5. The molecule has 0 radical (unpaired) electrons. The van der Waals surface area contributed by atoms with Crippen molar-refractivity contribution in [2.45, 2.75) is 44.8 Å². The Kier molecular flexibility index (Phi) is 5.86. The van der Waals surface area contributed by atoms with E-state index in [-0.39, 0.29) is 12.6 Å². The predicted octanol–water partition coefficient (Wildman–Crippen LogP) is 2.52. The summed E-state index contributed by atoms with van der Waals surface area (Å²) in [6.07, 6.45) is -0.0891. The first-order chi connectivity index (χ1) is 18.4. The Bertz CT molecular complexity index is 1490. The third-order valence-electron chi connectivity index (χ3n) is 7.70. The number of hydrogen-bond acceptors (Lipinski definition) is 9. The fraction of sp³-hybridized carbons (Fsp3) is 0.480. The molecule has 3 unspecified atom stereocenters. The van der Waals surface area contributed by atoms with Gasteiger partial charge in [0.25, 0.3) is 5.91 Å². The highest BCUT2D eigenvalue weighted by molar-refractivity contribution is 7.19. The molecule has 6 rings (SSSR count). The van der Waals surface area contributed by atoms with Gasteiger partial charge in [0.2, 0.25) is 11.5 Å². The third kappa shape index (κ3) is 3.95. The number of imide groups is 1. The summed E-state index contributed by atoms with van der Waals surface area (Å²) in [7, 11) is 0. The zero-order valence-corrected chi connectivity index (χ0v) is 21.8. The van der Waals surface area contributed by atoms with Crippen molar-refractivity contribution in [1.29, 1.82) is 0 Å². The molecular formula is C25H24F3N5O5S. The number of carbonyl (C=O) groups is 3. The van der Waals surface area contributed by atoms with Crippen LogP contribution >= 0.6 is 11.3 Å². The lowest BCUT2D eigenvalue weighted by molar-refractivity contribution is -0.209. The zero-order valence-electron chi connectivity index (χ0n) is 20.9. The summed E-state index contributed by atoms with van der Waals surface area (Å²) in [6.45, 7) is 5.47. The van der Waals surface area contributed by atoms with Gasteiger partial charge in [-0.25, -0.2) is 9.78 Å². The van der Waals surface area contributed by atoms with Gasteiger partial charge in [-0.1, -0.05) is 13.8 Å². The van der Waals surface area contributed by atoms with Crippen molar-refractivity contribution >= 4 is 39.3 Å². The first-order valence-corrected chi connectivity index (χ1v) is 13.1. The third-order valence-corrected chi connectivity index (χ3v) is 8.84. The number of halogens is 3. The smallest absolute Gasteiger partial charge is 0.441 e. The van der Waals surface area contributed by atoms with E-state index < -0.39 is 40.9 Å². The number of pyridine rings is 1. The molecule has 3 aromatic heterocycles. The van der Waals surface area contributed by atoms with Gasteiger partial charge in [0.05, 0.1) is 41.9 Å². The van der Waals surface area contributed by atoms with Gasteiger partial charge in [-0.15, -0.1) is 11.3 Å². The van der Waals surface area contributed by atoms with Gasteiger partial charge in [-0.05, 0) is 12.1 Å². The van der Waals surface area contributed by atoms with Crippen molar-refractivity contribution < 1.29 is 37.0 Å². The van der Waals surface area contributed by atoms with E-state index in [1.807, 2.05) is 16.8 Å². The van der Waals surface area contributed by atoms with Crippen molar-refractivity contribution in [3.8, 4) is 11.4 Å². The molecule has 0 spiro atoms. The molecule has 1 saturated carbocycles. The molecule has 0 bridgehead atoms. The summed E-state index contributed by atoms with van der Waals surface area (Å²) in [5.74, 6) is -4.55. The Hall–Kier alpha value is -3.36. The molecule has 2 aliphatic heterocycles. The van der Waals surface area contributed by atoms with E-state index in [2.05, 4.69) is 15.3 Å². The number of amides is 2. The van der Waals surface area contributed by atoms with E-state index in [0.717, 1.165) is 28.3 Å². The molecule has 3 aliphatic rings. The Labute approximate surface area is 224 Å². The van der Waals surface area contributed by atoms with Crippen molar-refractivity contribution in [2.24, 2.45) is 11.3 Å². The van der Waals surface area contributed by atoms with E-state index >= 15 is 0 Å². The number of imidazole rings is 1. The summed E-state index contributed by atoms with van der Waals surface area (Å²) < 4.78 is 52.1. The summed E-state index contributed by atoms with van der Waals surface area (Å²) in [5.41, 5.74) is -1.95. The van der Waals surface area contributed by atoms with Crippen LogP contribution in [0.25, 0.3) is 21.6 Å². The highest BCUT2D eigenvalue weighted by Gasteiger charge is 2.88. The number of aromatic nitrogens is 3. The van der Waals surface area contributed by atoms with E-state index in [4.69, 9.17) is 9.47 Å². The average Bonchev–Trinajstić information content (AvgIpc) is 3.33. The maximum atomic E-state index is 13.3. The van der Waals surface area contributed by atoms with Crippen molar-refractivity contribution in [2.75, 3.05) is 19.7 Å². The standard InChI is InChI=1S/C25H24F3N5O5S/c1-23(2)18-20(34)33(21(35)24(18,23)38-22(36)25(26,27)28)12-14-9-16-17(39-14)15(3-4-30-16)19-31-5-7-32(19)11-13-10-29-6-8-37-13/h3-5,7,9,13,18,29H,6,8,10-12H2,1-2H3. The Morgan fingerprint density at radius 3 is 2.79 bits per heavy atom. The number of nitrogens with zero attached hydrogens (tertiary/aromatic N) is 4. The molecule has 3 aromatic rings. The average molecular weight is 564 g/mol. The zero-order chi connectivity index (χ0) is 27.7. The van der Waals surface area contributed by atoms with Gasteiger partial charge in [0.1, 0.15) is 5.82 Å². The number of alkyl halides is 3. The number of ether oxygens (including phenoxy) is 2. The van der Waals surface area contributed by atoms with Crippen LogP contribution in [0.3, 0.4) is 0 Å². The minimum Gasteiger partial charge on any atom is -0.441 e. The van der Waals surface area contributed by atoms with Crippen LogP contribution in [0, 0.1) is 11.3 Å². The molecule has 0 aromatic carbocycles. The number of hydrogen-bond donors (Lipinski definition) is 1. The van der Waals surface area contributed by atoms with Crippen LogP contribution < -0.4 is 5.32 Å². The topological polar surface area (TPSA) is 116 Å². The number of piperidine rings is 1. The fourth-order valence-electron chi connectivity index (χ4n) is 5.70. The molecule has 14 heteroatoms. The maximum absolute atomic E-state index is 13.3. The molecule has 206 valence electrons. The molecule has 3 atom stereocenters. The lowest BCUT2D eigenvalue weighted by Gasteiger charge is -2.24. The fourth-order valence-corrected chi connectivity index (χ4v) is 6.82. The number of carbonyl (C=O) groups excluding carboxylic acids is 3. The van der Waals surface area contributed by atoms with E-state index in [1.165, 1.54) is 25.2 Å². The first kappa shape index (κ1) is 25.9. The molecule has 39 heavy (non-hydrogen) atoms. The molecular weight excluding hydrogens is 539 g/mol. The molecule has 5 heterocycles. The summed E-state index contributed by atoms with van der Waals surface area (Å²) in [4.78, 5) is 48.4. The normalized spacial score (nSPS) is 26.2. The number of esters is 1. The highest BCUT2D eigenvalue weighted by Crippen LogP contribution is 2.69. The van der Waals surface area contributed by atoms with Crippen molar-refractivity contribution in [1.82, 2.24) is 24.8 Å². The van der Waals surface area contributed by atoms with Crippen molar-refractivity contribution in [3.05, 3.63) is 35.6 Å². The minimum absolute atomic E-state index is 0.00966. The highest BCUT2D eigenvalue weighted by atomic mass is 32.1. The summed E-state index contributed by atoms with van der Waals surface area (Å²) >= 11 is 1.31. The van der Waals surface area contributed by atoms with Crippen LogP contribution in [0.4, 0.5) is 13.2 Å². The number of morpholine rings is 1. The van der Waals surface area contributed by atoms with Crippen LogP contribution in [0.5, 0.6) is 0 Å². The number of likely N-dealkylation sites (tertiary alicyclic amines) is 1. The number of fused-ring (bicyclic) bond motifs is 2. The Morgan fingerprint density at radius 2 is 2.08 bits per heavy atom. The lowest BCUT2D eigenvalue weighted by atomic mass is 10.0. The first-order valence-electron chi connectivity index (χ1n) is 12.3. The van der Waals surface area contributed by atoms with Crippen LogP contribution in [0.1, 0.15) is 18.7 Å². The summed E-state index contributed by atoms with van der Waals surface area (Å²) in [6, 6.07) is 3.56. The summed E-state index contributed by atoms with van der Waals surface area (Å²) in [5, 5.41) is 3.30. The molecule has 3 fully saturated rings. The molecule has 1 aliphatic carbocycles.